The number of unbranched alkanes of at least 4 members (excludes halogenated alkanes) is 25. The summed E-state index contributed by atoms with van der Waals surface area (Å²) in [6.45, 7) is 2.57. The van der Waals surface area contributed by atoms with Crippen molar-refractivity contribution in [2.24, 2.45) is 0 Å². The average Bonchev–Trinajstić information content (AvgIpc) is 3.22. The van der Waals surface area contributed by atoms with E-state index in [0.717, 1.165) is 57.8 Å². The molecule has 4 N–H and O–H groups in total. The molecule has 1 amide bonds. The van der Waals surface area contributed by atoms with Crippen LogP contribution in [0, 0.1) is 0 Å². The summed E-state index contributed by atoms with van der Waals surface area (Å²) in [6, 6.07) is -1.54. The molecule has 0 saturated carbocycles. The maximum absolute atomic E-state index is 12.3. The monoisotopic (exact) mass is 870 g/mol. The van der Waals surface area contributed by atoms with Crippen molar-refractivity contribution in [1.82, 2.24) is 5.32 Å². The van der Waals surface area contributed by atoms with E-state index < -0.39 is 57.6 Å². The van der Waals surface area contributed by atoms with E-state index >= 15 is 0 Å². The molecule has 0 rings (SSSR count). The van der Waals surface area contributed by atoms with Crippen LogP contribution in [0.2, 0.25) is 0 Å². The van der Waals surface area contributed by atoms with E-state index in [2.05, 4.69) is 55.6 Å². The number of hydrogen-bond acceptors (Lipinski definition) is 8. The molecular weight excluding hydrogens is 781 g/mol. The SMILES string of the molecule is CCCCC/C=C\C/C=C\C/C=C\CCCCCCCCCCCCC(=O)OCC(O)COP(=O)(O)OCC(NC(=O)CCCCCCCCCCCCCCC)C(=O)O. The van der Waals surface area contributed by atoms with Crippen molar-refractivity contribution < 1.29 is 47.8 Å². The van der Waals surface area contributed by atoms with Crippen LogP contribution in [0.25, 0.3) is 0 Å². The van der Waals surface area contributed by atoms with Gasteiger partial charge in [-0.2, -0.15) is 0 Å². The number of phosphoric acid groups is 1. The Balaban J connectivity index is 3.82. The van der Waals surface area contributed by atoms with E-state index in [1.165, 1.54) is 122 Å². The molecule has 0 heterocycles. The normalized spacial score (nSPS) is 13.9. The minimum absolute atomic E-state index is 0.149. The second kappa shape index (κ2) is 43.4. The number of hydrogen-bond donors (Lipinski definition) is 4. The van der Waals surface area contributed by atoms with Crippen LogP contribution in [0.5, 0.6) is 0 Å². The van der Waals surface area contributed by atoms with Crippen LogP contribution in [-0.4, -0.2) is 64.9 Å². The molecule has 0 aromatic heterocycles. The van der Waals surface area contributed by atoms with Gasteiger partial charge in [0.2, 0.25) is 5.91 Å². The first-order valence-corrected chi connectivity index (χ1v) is 25.5. The minimum atomic E-state index is -4.76. The number of carboxylic acids is 1. The first-order valence-electron chi connectivity index (χ1n) is 24.0. The van der Waals surface area contributed by atoms with Gasteiger partial charge >= 0.3 is 19.8 Å². The molecule has 0 aromatic carbocycles. The van der Waals surface area contributed by atoms with Crippen molar-refractivity contribution in [3.63, 3.8) is 0 Å². The number of ether oxygens (including phenoxy) is 1. The van der Waals surface area contributed by atoms with Crippen molar-refractivity contribution >= 4 is 25.7 Å². The highest BCUT2D eigenvalue weighted by atomic mass is 31.2. The number of carbonyl (C=O) groups excluding carboxylic acids is 2. The molecule has 0 spiro atoms. The molecular formula is C48H88NO10P. The van der Waals surface area contributed by atoms with Crippen LogP contribution in [0.1, 0.15) is 219 Å². The standard InChI is InChI=1S/C48H88NO10P/c1-3-5-7-9-11-13-15-17-18-19-20-21-22-23-24-25-26-28-30-32-34-36-38-40-47(52)57-41-44(50)42-58-60(55,56)59-43-45(48(53)54)49-46(51)39-37-35-33-31-29-27-16-14-12-10-8-6-4-2/h11,13,17-18,20-21,44-45,50H,3-10,12,14-16,19,22-43H2,1-2H3,(H,49,51)(H,53,54)(H,55,56)/b13-11-,18-17-,21-20-. The van der Waals surface area contributed by atoms with Crippen molar-refractivity contribution in [3.8, 4) is 0 Å². The molecule has 0 fully saturated rings. The largest absolute Gasteiger partial charge is 0.480 e. The first-order chi connectivity index (χ1) is 29.1. The van der Waals surface area contributed by atoms with Gasteiger partial charge in [0.25, 0.3) is 0 Å². The number of carbonyl (C=O) groups is 3. The van der Waals surface area contributed by atoms with Gasteiger partial charge in [0.05, 0.1) is 13.2 Å². The number of allylic oxidation sites excluding steroid dienone is 6. The summed E-state index contributed by atoms with van der Waals surface area (Å²) in [6.07, 6.45) is 47.4. The van der Waals surface area contributed by atoms with E-state index in [0.29, 0.717) is 12.8 Å². The van der Waals surface area contributed by atoms with Gasteiger partial charge in [0, 0.05) is 12.8 Å². The maximum atomic E-state index is 12.3. The number of aliphatic hydroxyl groups is 1. The number of aliphatic hydroxyl groups excluding tert-OH is 1. The molecule has 0 aliphatic rings. The fraction of sp³-hybridized carbons (Fsp3) is 0.812. The minimum Gasteiger partial charge on any atom is -0.480 e. The van der Waals surface area contributed by atoms with Gasteiger partial charge in [-0.1, -0.05) is 192 Å². The highest BCUT2D eigenvalue weighted by Gasteiger charge is 2.28. The number of esters is 1. The van der Waals surface area contributed by atoms with Gasteiger partial charge in [-0.25, -0.2) is 9.36 Å². The number of aliphatic carboxylic acids is 1. The number of carboxylic acid groups (broad SMARTS) is 1. The second-order valence-corrected chi connectivity index (χ2v) is 17.8. The molecule has 3 unspecified atom stereocenters. The molecule has 11 nitrogen and oxygen atoms in total. The summed E-state index contributed by atoms with van der Waals surface area (Å²) in [7, 11) is -4.76. The predicted molar refractivity (Wildman–Crippen MR) is 245 cm³/mol. The summed E-state index contributed by atoms with van der Waals surface area (Å²) in [5, 5.41) is 21.9. The van der Waals surface area contributed by atoms with Gasteiger partial charge < -0.3 is 25.2 Å². The Morgan fingerprint density at radius 2 is 0.917 bits per heavy atom. The van der Waals surface area contributed by atoms with Gasteiger partial charge in [0.1, 0.15) is 12.7 Å². The number of rotatable bonds is 45. The van der Waals surface area contributed by atoms with Crippen LogP contribution in [0.4, 0.5) is 0 Å². The molecule has 0 radical (unpaired) electrons. The van der Waals surface area contributed by atoms with Crippen molar-refractivity contribution in [3.05, 3.63) is 36.5 Å². The van der Waals surface area contributed by atoms with Gasteiger partial charge in [-0.3, -0.25) is 18.6 Å². The van der Waals surface area contributed by atoms with Crippen LogP contribution in [0.15, 0.2) is 36.5 Å². The summed E-state index contributed by atoms with van der Waals surface area (Å²) < 4.78 is 26.9. The number of nitrogens with one attached hydrogen (secondary N) is 1. The maximum Gasteiger partial charge on any atom is 0.472 e. The van der Waals surface area contributed by atoms with Crippen molar-refractivity contribution in [2.45, 2.75) is 231 Å². The molecule has 0 saturated heterocycles. The summed E-state index contributed by atoms with van der Waals surface area (Å²) in [5.41, 5.74) is 0. The predicted octanol–water partition coefficient (Wildman–Crippen LogP) is 12.8. The van der Waals surface area contributed by atoms with Gasteiger partial charge in [-0.05, 0) is 51.4 Å². The van der Waals surface area contributed by atoms with E-state index in [1.54, 1.807) is 0 Å². The van der Waals surface area contributed by atoms with Crippen LogP contribution in [0.3, 0.4) is 0 Å². The fourth-order valence-electron chi connectivity index (χ4n) is 6.68. The Hall–Kier alpha value is -2.30. The molecule has 12 heteroatoms. The Morgan fingerprint density at radius 1 is 0.533 bits per heavy atom. The zero-order chi connectivity index (χ0) is 44.2. The molecule has 60 heavy (non-hydrogen) atoms. The molecule has 0 aliphatic carbocycles. The Bertz CT molecular complexity index is 1160. The molecule has 0 bridgehead atoms. The Morgan fingerprint density at radius 3 is 1.40 bits per heavy atom. The Labute approximate surface area is 365 Å². The lowest BCUT2D eigenvalue weighted by Gasteiger charge is -2.18. The molecule has 0 aromatic rings. The first kappa shape index (κ1) is 57.7. The summed E-state index contributed by atoms with van der Waals surface area (Å²) in [4.78, 5) is 46.0. The molecule has 350 valence electrons. The third kappa shape index (κ3) is 42.4. The van der Waals surface area contributed by atoms with Crippen molar-refractivity contribution in [2.75, 3.05) is 19.8 Å². The summed E-state index contributed by atoms with van der Waals surface area (Å²) >= 11 is 0. The molecule has 3 atom stereocenters. The topological polar surface area (TPSA) is 169 Å². The van der Waals surface area contributed by atoms with Crippen LogP contribution < -0.4 is 5.32 Å². The highest BCUT2D eigenvalue weighted by Crippen LogP contribution is 2.43. The third-order valence-electron chi connectivity index (χ3n) is 10.4. The van der Waals surface area contributed by atoms with Crippen LogP contribution in [-0.2, 0) is 32.7 Å². The third-order valence-corrected chi connectivity index (χ3v) is 11.4. The lowest BCUT2D eigenvalue weighted by molar-refractivity contribution is -0.147. The van der Waals surface area contributed by atoms with Gasteiger partial charge in [-0.15, -0.1) is 0 Å². The van der Waals surface area contributed by atoms with Gasteiger partial charge in [0.15, 0.2) is 6.04 Å². The van der Waals surface area contributed by atoms with E-state index in [9.17, 15) is 34.1 Å². The zero-order valence-electron chi connectivity index (χ0n) is 38.0. The Kier molecular flexibility index (Phi) is 41.7. The number of amides is 1. The highest BCUT2D eigenvalue weighted by molar-refractivity contribution is 7.47. The lowest BCUT2D eigenvalue weighted by Crippen LogP contribution is -2.43. The van der Waals surface area contributed by atoms with E-state index in [-0.39, 0.29) is 12.8 Å². The quantitative estimate of drug-likeness (QED) is 0.0200. The fourth-order valence-corrected chi connectivity index (χ4v) is 7.45. The van der Waals surface area contributed by atoms with Crippen LogP contribution >= 0.6 is 7.82 Å². The van der Waals surface area contributed by atoms with E-state index in [1.807, 2.05) is 0 Å². The second-order valence-electron chi connectivity index (χ2n) is 16.3. The number of phosphoric ester groups is 1. The smallest absolute Gasteiger partial charge is 0.472 e. The van der Waals surface area contributed by atoms with E-state index in [4.69, 9.17) is 13.8 Å². The zero-order valence-corrected chi connectivity index (χ0v) is 38.9. The average molecular weight is 870 g/mol. The lowest BCUT2D eigenvalue weighted by atomic mass is 10.0. The summed E-state index contributed by atoms with van der Waals surface area (Å²) in [5.74, 6) is -2.37. The van der Waals surface area contributed by atoms with Crippen molar-refractivity contribution in [1.29, 1.82) is 0 Å². The molecule has 0 aliphatic heterocycles.